The molecule has 0 saturated carbocycles. The highest BCUT2D eigenvalue weighted by atomic mass is 35.5. The first-order valence-corrected chi connectivity index (χ1v) is 8.86. The average Bonchev–Trinajstić information content (AvgIpc) is 2.84. The van der Waals surface area contributed by atoms with Gasteiger partial charge in [-0.2, -0.15) is 0 Å². The number of benzene rings is 1. The van der Waals surface area contributed by atoms with Gasteiger partial charge in [-0.15, -0.1) is 0 Å². The molecule has 0 aliphatic carbocycles. The second-order valence-corrected chi connectivity index (χ2v) is 7.01. The summed E-state index contributed by atoms with van der Waals surface area (Å²) in [6.07, 6.45) is 6.53. The van der Waals surface area contributed by atoms with E-state index in [4.69, 9.17) is 11.6 Å². The minimum Gasteiger partial charge on any atom is -0.311 e. The Balaban J connectivity index is 1.78. The summed E-state index contributed by atoms with van der Waals surface area (Å²) in [5.74, 6) is 0. The molecule has 2 bridgehead atoms. The highest BCUT2D eigenvalue weighted by Crippen LogP contribution is 2.35. The Morgan fingerprint density at radius 2 is 1.76 bits per heavy atom. The Hall–Kier alpha value is -0.570. The number of hydrogen-bond acceptors (Lipinski definition) is 2. The van der Waals surface area contributed by atoms with Crippen molar-refractivity contribution in [3.05, 3.63) is 34.9 Å². The van der Waals surface area contributed by atoms with Crippen molar-refractivity contribution in [2.45, 2.75) is 70.1 Å². The number of nitrogens with zero attached hydrogens (tertiary/aromatic N) is 1. The van der Waals surface area contributed by atoms with Gasteiger partial charge in [0.1, 0.15) is 0 Å². The topological polar surface area (TPSA) is 15.3 Å². The van der Waals surface area contributed by atoms with Crippen LogP contribution in [0.15, 0.2) is 24.3 Å². The van der Waals surface area contributed by atoms with Crippen LogP contribution in [0.1, 0.15) is 57.6 Å². The molecule has 1 aromatic carbocycles. The van der Waals surface area contributed by atoms with Crippen LogP contribution in [-0.4, -0.2) is 29.6 Å². The van der Waals surface area contributed by atoms with Crippen LogP contribution in [-0.2, 0) is 0 Å². The van der Waals surface area contributed by atoms with Gasteiger partial charge in [0, 0.05) is 29.2 Å². The van der Waals surface area contributed by atoms with Gasteiger partial charge < -0.3 is 5.32 Å². The number of fused-ring (bicyclic) bond motifs is 2. The minimum absolute atomic E-state index is 0.523. The zero-order chi connectivity index (χ0) is 14.8. The van der Waals surface area contributed by atoms with Crippen LogP contribution in [0.4, 0.5) is 0 Å². The lowest BCUT2D eigenvalue weighted by Gasteiger charge is -2.41. The van der Waals surface area contributed by atoms with Gasteiger partial charge in [-0.3, -0.25) is 4.90 Å². The third-order valence-electron chi connectivity index (χ3n) is 5.32. The smallest absolute Gasteiger partial charge is 0.0406 e. The molecule has 0 spiro atoms. The molecule has 2 nitrogen and oxygen atoms in total. The molecule has 2 aliphatic heterocycles. The maximum Gasteiger partial charge on any atom is 0.0406 e. The summed E-state index contributed by atoms with van der Waals surface area (Å²) in [5.41, 5.74) is 1.41. The molecule has 2 aliphatic rings. The van der Waals surface area contributed by atoms with Crippen LogP contribution in [0.5, 0.6) is 0 Å². The Bertz CT molecular complexity index is 447. The van der Waals surface area contributed by atoms with Crippen LogP contribution in [0.3, 0.4) is 0 Å². The largest absolute Gasteiger partial charge is 0.311 e. The summed E-state index contributed by atoms with van der Waals surface area (Å²) in [4.78, 5) is 2.73. The van der Waals surface area contributed by atoms with Gasteiger partial charge in [0.25, 0.3) is 0 Å². The van der Waals surface area contributed by atoms with E-state index in [0.717, 1.165) is 36.1 Å². The number of halogens is 1. The fraction of sp³-hybridized carbons (Fsp3) is 0.667. The predicted molar refractivity (Wildman–Crippen MR) is 89.8 cm³/mol. The summed E-state index contributed by atoms with van der Waals surface area (Å²) >= 11 is 6.05. The van der Waals surface area contributed by atoms with Crippen molar-refractivity contribution in [1.29, 1.82) is 0 Å². The van der Waals surface area contributed by atoms with Gasteiger partial charge in [-0.1, -0.05) is 37.6 Å². The van der Waals surface area contributed by atoms with E-state index in [1.165, 1.54) is 31.2 Å². The maximum atomic E-state index is 6.05. The van der Waals surface area contributed by atoms with Crippen molar-refractivity contribution in [2.75, 3.05) is 6.54 Å². The molecule has 3 rings (SSSR count). The predicted octanol–water partition coefficient (Wildman–Crippen LogP) is 4.40. The lowest BCUT2D eigenvalue weighted by Crippen LogP contribution is -2.49. The first-order valence-electron chi connectivity index (χ1n) is 8.48. The monoisotopic (exact) mass is 306 g/mol. The molecule has 3 unspecified atom stereocenters. The van der Waals surface area contributed by atoms with Crippen LogP contribution < -0.4 is 5.32 Å². The summed E-state index contributed by atoms with van der Waals surface area (Å²) in [6, 6.07) is 11.2. The summed E-state index contributed by atoms with van der Waals surface area (Å²) in [5, 5.41) is 4.59. The van der Waals surface area contributed by atoms with Gasteiger partial charge in [0.15, 0.2) is 0 Å². The van der Waals surface area contributed by atoms with E-state index in [9.17, 15) is 0 Å². The van der Waals surface area contributed by atoms with Crippen molar-refractivity contribution in [3.8, 4) is 0 Å². The molecule has 3 heteroatoms. The molecule has 3 atom stereocenters. The van der Waals surface area contributed by atoms with Gasteiger partial charge in [0.2, 0.25) is 0 Å². The third kappa shape index (κ3) is 3.28. The Labute approximate surface area is 133 Å². The Morgan fingerprint density at radius 3 is 2.29 bits per heavy atom. The van der Waals surface area contributed by atoms with Gasteiger partial charge >= 0.3 is 0 Å². The second kappa shape index (κ2) is 6.68. The molecule has 1 N–H and O–H groups in total. The van der Waals surface area contributed by atoms with Crippen molar-refractivity contribution in [1.82, 2.24) is 10.2 Å². The summed E-state index contributed by atoms with van der Waals surface area (Å²) in [6.45, 7) is 5.74. The highest BCUT2D eigenvalue weighted by molar-refractivity contribution is 6.30. The lowest BCUT2D eigenvalue weighted by atomic mass is 9.93. The molecular formula is C18H27ClN2. The van der Waals surface area contributed by atoms with E-state index in [-0.39, 0.29) is 0 Å². The van der Waals surface area contributed by atoms with Crippen LogP contribution in [0.2, 0.25) is 5.02 Å². The van der Waals surface area contributed by atoms with Crippen molar-refractivity contribution in [2.24, 2.45) is 0 Å². The van der Waals surface area contributed by atoms with E-state index in [1.54, 1.807) is 0 Å². The molecule has 0 amide bonds. The van der Waals surface area contributed by atoms with Crippen molar-refractivity contribution < 1.29 is 0 Å². The maximum absolute atomic E-state index is 6.05. The first kappa shape index (κ1) is 15.3. The minimum atomic E-state index is 0.523. The number of nitrogens with one attached hydrogen (secondary N) is 1. The number of hydrogen-bond donors (Lipinski definition) is 1. The summed E-state index contributed by atoms with van der Waals surface area (Å²) < 4.78 is 0. The number of rotatable bonds is 5. The molecule has 2 fully saturated rings. The van der Waals surface area contributed by atoms with E-state index in [1.807, 2.05) is 12.1 Å². The molecule has 0 radical (unpaired) electrons. The van der Waals surface area contributed by atoms with Gasteiger partial charge in [-0.05, 0) is 56.3 Å². The van der Waals surface area contributed by atoms with Crippen LogP contribution in [0, 0.1) is 0 Å². The molecule has 116 valence electrons. The molecule has 2 heterocycles. The van der Waals surface area contributed by atoms with Crippen molar-refractivity contribution in [3.63, 3.8) is 0 Å². The summed E-state index contributed by atoms with van der Waals surface area (Å²) in [7, 11) is 0. The first-order chi connectivity index (χ1) is 10.2. The normalized spacial score (nSPS) is 29.8. The third-order valence-corrected chi connectivity index (χ3v) is 5.58. The standard InChI is InChI=1S/C18H27ClN2/c1-3-18(13-5-7-14(19)8-6-13)21(4-2)17-11-15-9-10-16(12-17)20-15/h5-8,15-18,20H,3-4,9-12H2,1-2H3. The Kier molecular flexibility index (Phi) is 4.88. The van der Waals surface area contributed by atoms with Gasteiger partial charge in [0.05, 0.1) is 0 Å². The highest BCUT2D eigenvalue weighted by Gasteiger charge is 2.37. The molecule has 2 saturated heterocycles. The van der Waals surface area contributed by atoms with E-state index in [2.05, 4.69) is 36.2 Å². The molecular weight excluding hydrogens is 280 g/mol. The van der Waals surface area contributed by atoms with Crippen LogP contribution in [0.25, 0.3) is 0 Å². The SMILES string of the molecule is CCC(c1ccc(Cl)cc1)N(CC)C1CC2CCC(C1)N2. The molecule has 21 heavy (non-hydrogen) atoms. The molecule has 0 aromatic heterocycles. The zero-order valence-corrected chi connectivity index (χ0v) is 13.9. The quantitative estimate of drug-likeness (QED) is 0.867. The van der Waals surface area contributed by atoms with E-state index >= 15 is 0 Å². The van der Waals surface area contributed by atoms with E-state index < -0.39 is 0 Å². The molecule has 1 aromatic rings. The van der Waals surface area contributed by atoms with Crippen LogP contribution >= 0.6 is 11.6 Å². The fourth-order valence-corrected chi connectivity index (χ4v) is 4.50. The van der Waals surface area contributed by atoms with Crippen molar-refractivity contribution >= 4 is 11.6 Å². The van der Waals surface area contributed by atoms with E-state index in [0.29, 0.717) is 6.04 Å². The number of piperidine rings is 1. The lowest BCUT2D eigenvalue weighted by molar-refractivity contribution is 0.0967. The fourth-order valence-electron chi connectivity index (χ4n) is 4.38. The zero-order valence-electron chi connectivity index (χ0n) is 13.2. The Morgan fingerprint density at radius 1 is 1.14 bits per heavy atom. The average molecular weight is 307 g/mol. The second-order valence-electron chi connectivity index (χ2n) is 6.57. The van der Waals surface area contributed by atoms with Gasteiger partial charge in [-0.25, -0.2) is 0 Å².